The fourth-order valence-corrected chi connectivity index (χ4v) is 3.16. The Morgan fingerprint density at radius 2 is 1.89 bits per heavy atom. The lowest BCUT2D eigenvalue weighted by atomic mass is 10.0. The summed E-state index contributed by atoms with van der Waals surface area (Å²) in [7, 11) is 1.56. The molecule has 0 heterocycles. The average molecular weight is 414 g/mol. The largest absolute Gasteiger partial charge is 0.352 e. The molecular formula is C19H25Cl2N3O3. The first-order chi connectivity index (χ1) is 12.7. The average Bonchev–Trinajstić information content (AvgIpc) is 3.36. The van der Waals surface area contributed by atoms with Crippen LogP contribution in [0.1, 0.15) is 43.5 Å². The van der Waals surface area contributed by atoms with E-state index in [4.69, 9.17) is 23.2 Å². The molecule has 1 saturated carbocycles. The third-order valence-electron chi connectivity index (χ3n) is 4.19. The molecule has 1 aliphatic rings. The van der Waals surface area contributed by atoms with Gasteiger partial charge in [-0.1, -0.05) is 37.0 Å². The predicted molar refractivity (Wildman–Crippen MR) is 106 cm³/mol. The van der Waals surface area contributed by atoms with Crippen LogP contribution < -0.4 is 10.6 Å². The molecule has 148 valence electrons. The van der Waals surface area contributed by atoms with E-state index >= 15 is 0 Å². The van der Waals surface area contributed by atoms with Crippen LogP contribution in [0.25, 0.3) is 0 Å². The van der Waals surface area contributed by atoms with E-state index in [1.54, 1.807) is 13.1 Å². The van der Waals surface area contributed by atoms with E-state index in [1.165, 1.54) is 17.0 Å². The molecule has 1 aromatic rings. The van der Waals surface area contributed by atoms with Gasteiger partial charge in [-0.05, 0) is 43.4 Å². The SMILES string of the molecule is CC(C)CC(NC(=O)c1ccc(Cl)cc1Cl)C(=O)N(C)CC(=O)NC1CC1. The Labute approximate surface area is 169 Å². The summed E-state index contributed by atoms with van der Waals surface area (Å²) in [5.74, 6) is -0.781. The first-order valence-electron chi connectivity index (χ1n) is 8.97. The molecule has 27 heavy (non-hydrogen) atoms. The Morgan fingerprint density at radius 1 is 1.22 bits per heavy atom. The summed E-state index contributed by atoms with van der Waals surface area (Å²) in [5, 5.41) is 6.23. The lowest BCUT2D eigenvalue weighted by Gasteiger charge is -2.25. The van der Waals surface area contributed by atoms with E-state index in [2.05, 4.69) is 10.6 Å². The number of carbonyl (C=O) groups excluding carboxylic acids is 3. The van der Waals surface area contributed by atoms with Crippen molar-refractivity contribution in [3.63, 3.8) is 0 Å². The highest BCUT2D eigenvalue weighted by molar-refractivity contribution is 6.36. The van der Waals surface area contributed by atoms with E-state index in [9.17, 15) is 14.4 Å². The minimum atomic E-state index is -0.747. The second-order valence-electron chi connectivity index (χ2n) is 7.32. The standard InChI is InChI=1S/C19H25Cl2N3O3/c1-11(2)8-16(19(27)24(3)10-17(25)22-13-5-6-13)23-18(26)14-7-4-12(20)9-15(14)21/h4,7,9,11,13,16H,5-6,8,10H2,1-3H3,(H,22,25)(H,23,26). The van der Waals surface area contributed by atoms with Crippen LogP contribution in [-0.4, -0.2) is 48.3 Å². The van der Waals surface area contributed by atoms with Crippen LogP contribution in [0.2, 0.25) is 10.0 Å². The second-order valence-corrected chi connectivity index (χ2v) is 8.16. The molecule has 1 atom stereocenters. The van der Waals surface area contributed by atoms with E-state index < -0.39 is 11.9 Å². The molecule has 0 aliphatic heterocycles. The zero-order chi connectivity index (χ0) is 20.1. The Kier molecular flexibility index (Phi) is 7.50. The van der Waals surface area contributed by atoms with E-state index in [-0.39, 0.29) is 40.9 Å². The zero-order valence-electron chi connectivity index (χ0n) is 15.7. The van der Waals surface area contributed by atoms with Crippen LogP contribution in [0.5, 0.6) is 0 Å². The van der Waals surface area contributed by atoms with Crippen LogP contribution in [-0.2, 0) is 9.59 Å². The summed E-state index contributed by atoms with van der Waals surface area (Å²) in [4.78, 5) is 38.7. The number of benzene rings is 1. The Bertz CT molecular complexity index is 720. The van der Waals surface area contributed by atoms with Crippen LogP contribution in [0.3, 0.4) is 0 Å². The number of hydrogen-bond acceptors (Lipinski definition) is 3. The summed E-state index contributed by atoms with van der Waals surface area (Å²) < 4.78 is 0. The molecular weight excluding hydrogens is 389 g/mol. The van der Waals surface area contributed by atoms with Gasteiger partial charge in [-0.3, -0.25) is 14.4 Å². The molecule has 0 radical (unpaired) electrons. The Hall–Kier alpha value is -1.79. The lowest BCUT2D eigenvalue weighted by molar-refractivity contribution is -0.136. The molecule has 1 aliphatic carbocycles. The van der Waals surface area contributed by atoms with Crippen molar-refractivity contribution in [3.05, 3.63) is 33.8 Å². The minimum absolute atomic E-state index is 0.0402. The first kappa shape index (κ1) is 21.5. The van der Waals surface area contributed by atoms with Crippen LogP contribution in [0.15, 0.2) is 18.2 Å². The number of nitrogens with zero attached hydrogens (tertiary/aromatic N) is 1. The normalized spacial score (nSPS) is 14.6. The van der Waals surface area contributed by atoms with Gasteiger partial charge in [-0.15, -0.1) is 0 Å². The van der Waals surface area contributed by atoms with Crippen LogP contribution in [0, 0.1) is 5.92 Å². The molecule has 0 aromatic heterocycles. The molecule has 2 N–H and O–H groups in total. The molecule has 0 spiro atoms. The minimum Gasteiger partial charge on any atom is -0.352 e. The third-order valence-corrected chi connectivity index (χ3v) is 4.73. The molecule has 0 bridgehead atoms. The maximum Gasteiger partial charge on any atom is 0.253 e. The summed E-state index contributed by atoms with van der Waals surface area (Å²) in [5.41, 5.74) is 0.247. The van der Waals surface area contributed by atoms with Gasteiger partial charge in [0.2, 0.25) is 11.8 Å². The van der Waals surface area contributed by atoms with Crippen molar-refractivity contribution in [1.29, 1.82) is 0 Å². The predicted octanol–water partition coefficient (Wildman–Crippen LogP) is 2.87. The maximum atomic E-state index is 12.8. The van der Waals surface area contributed by atoms with Gasteiger partial charge in [0.25, 0.3) is 5.91 Å². The molecule has 3 amide bonds. The van der Waals surface area contributed by atoms with Gasteiger partial charge < -0.3 is 15.5 Å². The van der Waals surface area contributed by atoms with Crippen molar-refractivity contribution in [2.75, 3.05) is 13.6 Å². The summed E-state index contributed by atoms with van der Waals surface area (Å²) >= 11 is 11.9. The summed E-state index contributed by atoms with van der Waals surface area (Å²) in [6.07, 6.45) is 2.42. The quantitative estimate of drug-likeness (QED) is 0.687. The molecule has 6 nitrogen and oxygen atoms in total. The summed E-state index contributed by atoms with van der Waals surface area (Å²) in [6.45, 7) is 3.88. The topological polar surface area (TPSA) is 78.5 Å². The van der Waals surface area contributed by atoms with E-state index in [0.717, 1.165) is 12.8 Å². The second kappa shape index (κ2) is 9.42. The number of carbonyl (C=O) groups is 3. The molecule has 0 saturated heterocycles. The van der Waals surface area contributed by atoms with Gasteiger partial charge in [0.15, 0.2) is 0 Å². The molecule has 1 fully saturated rings. The van der Waals surface area contributed by atoms with Crippen molar-refractivity contribution in [2.45, 2.75) is 45.2 Å². The highest BCUT2D eigenvalue weighted by Gasteiger charge is 2.28. The van der Waals surface area contributed by atoms with Gasteiger partial charge in [0, 0.05) is 18.1 Å². The van der Waals surface area contributed by atoms with Crippen molar-refractivity contribution < 1.29 is 14.4 Å². The highest BCUT2D eigenvalue weighted by atomic mass is 35.5. The van der Waals surface area contributed by atoms with Gasteiger partial charge >= 0.3 is 0 Å². The number of likely N-dealkylation sites (N-methyl/N-ethyl adjacent to an activating group) is 1. The Morgan fingerprint density at radius 3 is 2.44 bits per heavy atom. The van der Waals surface area contributed by atoms with Crippen LogP contribution in [0.4, 0.5) is 0 Å². The molecule has 1 unspecified atom stereocenters. The number of amides is 3. The van der Waals surface area contributed by atoms with E-state index in [1.807, 2.05) is 13.8 Å². The molecule has 2 rings (SSSR count). The molecule has 8 heteroatoms. The number of nitrogens with one attached hydrogen (secondary N) is 2. The number of rotatable bonds is 8. The third kappa shape index (κ3) is 6.70. The first-order valence-corrected chi connectivity index (χ1v) is 9.73. The van der Waals surface area contributed by atoms with Crippen molar-refractivity contribution in [2.24, 2.45) is 5.92 Å². The highest BCUT2D eigenvalue weighted by Crippen LogP contribution is 2.21. The van der Waals surface area contributed by atoms with Crippen molar-refractivity contribution in [1.82, 2.24) is 15.5 Å². The van der Waals surface area contributed by atoms with Gasteiger partial charge in [-0.25, -0.2) is 0 Å². The maximum absolute atomic E-state index is 12.8. The van der Waals surface area contributed by atoms with Gasteiger partial charge in [-0.2, -0.15) is 0 Å². The zero-order valence-corrected chi connectivity index (χ0v) is 17.2. The smallest absolute Gasteiger partial charge is 0.253 e. The van der Waals surface area contributed by atoms with Crippen LogP contribution >= 0.6 is 23.2 Å². The number of hydrogen-bond donors (Lipinski definition) is 2. The van der Waals surface area contributed by atoms with Crippen molar-refractivity contribution in [3.8, 4) is 0 Å². The van der Waals surface area contributed by atoms with Crippen molar-refractivity contribution >= 4 is 40.9 Å². The fraction of sp³-hybridized carbons (Fsp3) is 0.526. The monoisotopic (exact) mass is 413 g/mol. The van der Waals surface area contributed by atoms with Gasteiger partial charge in [0.05, 0.1) is 17.1 Å². The van der Waals surface area contributed by atoms with Gasteiger partial charge in [0.1, 0.15) is 6.04 Å². The molecule has 1 aromatic carbocycles. The van der Waals surface area contributed by atoms with E-state index in [0.29, 0.717) is 11.4 Å². The number of halogens is 2. The summed E-state index contributed by atoms with van der Waals surface area (Å²) in [6, 6.07) is 4.05. The fourth-order valence-electron chi connectivity index (χ4n) is 2.66. The lowest BCUT2D eigenvalue weighted by Crippen LogP contribution is -2.50. The Balaban J connectivity index is 2.04.